The van der Waals surface area contributed by atoms with Gasteiger partial charge in [-0.3, -0.25) is 9.78 Å². The van der Waals surface area contributed by atoms with E-state index in [2.05, 4.69) is 11.9 Å². The van der Waals surface area contributed by atoms with Crippen LogP contribution < -0.4 is 4.74 Å². The van der Waals surface area contributed by atoms with Crippen LogP contribution in [0.4, 0.5) is 0 Å². The summed E-state index contributed by atoms with van der Waals surface area (Å²) in [6.45, 7) is 3.34. The summed E-state index contributed by atoms with van der Waals surface area (Å²) >= 11 is 6.19. The number of piperidine rings is 1. The third-order valence-electron chi connectivity index (χ3n) is 5.72. The summed E-state index contributed by atoms with van der Waals surface area (Å²) in [5.74, 6) is 0.758. The number of fused-ring (bicyclic) bond motifs is 1. The van der Waals surface area contributed by atoms with Crippen molar-refractivity contribution in [3.8, 4) is 5.75 Å². The van der Waals surface area contributed by atoms with E-state index in [4.69, 9.17) is 16.3 Å². The molecular formula is C23H23ClN2O4S. The summed E-state index contributed by atoms with van der Waals surface area (Å²) in [5, 5.41) is 0.705. The number of methoxy groups -OCH3 is 1. The van der Waals surface area contributed by atoms with Gasteiger partial charge in [-0.25, -0.2) is 8.42 Å². The number of halogens is 1. The summed E-state index contributed by atoms with van der Waals surface area (Å²) in [7, 11) is -2.52. The Bertz CT molecular complexity index is 1230. The highest BCUT2D eigenvalue weighted by molar-refractivity contribution is 7.91. The van der Waals surface area contributed by atoms with Gasteiger partial charge in [0.2, 0.25) is 9.84 Å². The number of hydrogen-bond donors (Lipinski definition) is 0. The van der Waals surface area contributed by atoms with Crippen LogP contribution in [0.15, 0.2) is 58.5 Å². The van der Waals surface area contributed by atoms with E-state index in [0.29, 0.717) is 40.7 Å². The maximum absolute atomic E-state index is 13.7. The Morgan fingerprint density at radius 2 is 1.81 bits per heavy atom. The molecule has 162 valence electrons. The van der Waals surface area contributed by atoms with Crippen LogP contribution in [0.5, 0.6) is 5.75 Å². The zero-order valence-corrected chi connectivity index (χ0v) is 18.9. The number of ether oxygens (including phenoxy) is 1. The predicted molar refractivity (Wildman–Crippen MR) is 120 cm³/mol. The van der Waals surface area contributed by atoms with Gasteiger partial charge < -0.3 is 9.64 Å². The highest BCUT2D eigenvalue weighted by Gasteiger charge is 2.31. The first kappa shape index (κ1) is 21.6. The lowest BCUT2D eigenvalue weighted by Crippen LogP contribution is -2.38. The molecular weight excluding hydrogens is 436 g/mol. The summed E-state index contributed by atoms with van der Waals surface area (Å²) in [6, 6.07) is 11.0. The first-order chi connectivity index (χ1) is 14.8. The third-order valence-corrected chi connectivity index (χ3v) is 7.83. The molecule has 0 N–H and O–H groups in total. The van der Waals surface area contributed by atoms with Gasteiger partial charge in [-0.15, -0.1) is 0 Å². The molecule has 8 heteroatoms. The molecule has 3 aromatic rings. The van der Waals surface area contributed by atoms with Crippen LogP contribution in [0.25, 0.3) is 10.9 Å². The Kier molecular flexibility index (Phi) is 5.90. The van der Waals surface area contributed by atoms with Gasteiger partial charge in [0.1, 0.15) is 5.75 Å². The lowest BCUT2D eigenvalue weighted by molar-refractivity contribution is 0.0693. The number of amides is 1. The predicted octanol–water partition coefficient (Wildman–Crippen LogP) is 4.60. The van der Waals surface area contributed by atoms with E-state index in [-0.39, 0.29) is 21.3 Å². The Morgan fingerprint density at radius 1 is 1.13 bits per heavy atom. The molecule has 6 nitrogen and oxygen atoms in total. The minimum atomic E-state index is -4.03. The van der Waals surface area contributed by atoms with E-state index < -0.39 is 9.84 Å². The van der Waals surface area contributed by atoms with E-state index >= 15 is 0 Å². The van der Waals surface area contributed by atoms with Crippen LogP contribution in [0.3, 0.4) is 0 Å². The molecule has 1 aliphatic heterocycles. The summed E-state index contributed by atoms with van der Waals surface area (Å²) in [5.41, 5.74) is 0.528. The van der Waals surface area contributed by atoms with Crippen molar-refractivity contribution in [3.05, 3.63) is 59.2 Å². The fourth-order valence-corrected chi connectivity index (χ4v) is 5.62. The van der Waals surface area contributed by atoms with Crippen LogP contribution in [-0.4, -0.2) is 44.4 Å². The van der Waals surface area contributed by atoms with Crippen LogP contribution in [-0.2, 0) is 9.84 Å². The van der Waals surface area contributed by atoms with Crippen molar-refractivity contribution in [2.45, 2.75) is 29.6 Å². The fraction of sp³-hybridized carbons (Fsp3) is 0.304. The normalized spacial score (nSPS) is 15.3. The molecule has 0 bridgehead atoms. The average molecular weight is 459 g/mol. The first-order valence-corrected chi connectivity index (χ1v) is 11.9. The molecule has 4 rings (SSSR count). The SMILES string of the molecule is COc1ccc(S(=O)(=O)c2c(C(=O)N3CCC(C)CC3)cnc3ccc(Cl)cc23)cc1. The van der Waals surface area contributed by atoms with Gasteiger partial charge in [0.05, 0.1) is 28.0 Å². The lowest BCUT2D eigenvalue weighted by atomic mass is 9.98. The van der Waals surface area contributed by atoms with E-state index in [1.165, 1.54) is 25.4 Å². The van der Waals surface area contributed by atoms with Crippen molar-refractivity contribution >= 4 is 38.2 Å². The highest BCUT2D eigenvalue weighted by atomic mass is 35.5. The Balaban J connectivity index is 1.91. The Labute approximate surface area is 186 Å². The second-order valence-corrected chi connectivity index (χ2v) is 10.1. The molecule has 0 aliphatic carbocycles. The zero-order valence-electron chi connectivity index (χ0n) is 17.3. The van der Waals surface area contributed by atoms with Crippen LogP contribution in [0.2, 0.25) is 5.02 Å². The molecule has 0 unspecified atom stereocenters. The highest BCUT2D eigenvalue weighted by Crippen LogP contribution is 2.34. The van der Waals surface area contributed by atoms with Crippen LogP contribution >= 0.6 is 11.6 Å². The second-order valence-electron chi connectivity index (χ2n) is 7.82. The van der Waals surface area contributed by atoms with Crippen molar-refractivity contribution in [1.29, 1.82) is 0 Å². The fourth-order valence-electron chi connectivity index (χ4n) is 3.84. The Morgan fingerprint density at radius 3 is 2.45 bits per heavy atom. The van der Waals surface area contributed by atoms with Gasteiger partial charge in [-0.1, -0.05) is 18.5 Å². The molecule has 0 spiro atoms. The number of pyridine rings is 1. The number of aromatic nitrogens is 1. The number of sulfone groups is 1. The topological polar surface area (TPSA) is 76.6 Å². The van der Waals surface area contributed by atoms with E-state index in [9.17, 15) is 13.2 Å². The van der Waals surface area contributed by atoms with Crippen molar-refractivity contribution in [2.24, 2.45) is 5.92 Å². The molecule has 31 heavy (non-hydrogen) atoms. The van der Waals surface area contributed by atoms with Gasteiger partial charge in [-0.05, 0) is 61.2 Å². The lowest BCUT2D eigenvalue weighted by Gasteiger charge is -2.30. The van der Waals surface area contributed by atoms with Gasteiger partial charge >= 0.3 is 0 Å². The van der Waals surface area contributed by atoms with Gasteiger partial charge in [-0.2, -0.15) is 0 Å². The maximum Gasteiger partial charge on any atom is 0.256 e. The van der Waals surface area contributed by atoms with Gasteiger partial charge in [0.15, 0.2) is 0 Å². The molecule has 0 saturated carbocycles. The van der Waals surface area contributed by atoms with Crippen molar-refractivity contribution < 1.29 is 17.9 Å². The molecule has 0 atom stereocenters. The molecule has 2 aromatic carbocycles. The van der Waals surface area contributed by atoms with E-state index in [1.807, 2.05) is 0 Å². The summed E-state index contributed by atoms with van der Waals surface area (Å²) in [6.07, 6.45) is 3.14. The number of carbonyl (C=O) groups excluding carboxylic acids is 1. The van der Waals surface area contributed by atoms with Crippen molar-refractivity contribution in [3.63, 3.8) is 0 Å². The van der Waals surface area contributed by atoms with Crippen LogP contribution in [0, 0.1) is 5.92 Å². The largest absolute Gasteiger partial charge is 0.497 e. The first-order valence-electron chi connectivity index (χ1n) is 10.1. The summed E-state index contributed by atoms with van der Waals surface area (Å²) < 4.78 is 32.6. The number of carbonyl (C=O) groups is 1. The molecule has 1 aromatic heterocycles. The molecule has 1 saturated heterocycles. The average Bonchev–Trinajstić information content (AvgIpc) is 2.78. The van der Waals surface area contributed by atoms with Gasteiger partial charge in [0.25, 0.3) is 5.91 Å². The number of rotatable bonds is 4. The van der Waals surface area contributed by atoms with Crippen LogP contribution in [0.1, 0.15) is 30.1 Å². The maximum atomic E-state index is 13.7. The van der Waals surface area contributed by atoms with Crippen molar-refractivity contribution in [2.75, 3.05) is 20.2 Å². The smallest absolute Gasteiger partial charge is 0.256 e. The molecule has 2 heterocycles. The third kappa shape index (κ3) is 4.12. The van der Waals surface area contributed by atoms with E-state index in [1.54, 1.807) is 35.2 Å². The van der Waals surface area contributed by atoms with Gasteiger partial charge in [0, 0.05) is 29.7 Å². The van der Waals surface area contributed by atoms with E-state index in [0.717, 1.165) is 12.8 Å². The second kappa shape index (κ2) is 8.48. The minimum absolute atomic E-state index is 0.0613. The minimum Gasteiger partial charge on any atom is -0.497 e. The number of hydrogen-bond acceptors (Lipinski definition) is 5. The zero-order chi connectivity index (χ0) is 22.2. The standard InChI is InChI=1S/C23H23ClN2O4S/c1-15-9-11-26(12-10-15)23(27)20-14-25-21-8-3-16(24)13-19(21)22(20)31(28,29)18-6-4-17(30-2)5-7-18/h3-8,13-15H,9-12H2,1-2H3. The molecule has 0 radical (unpaired) electrons. The molecule has 1 aliphatic rings. The quantitative estimate of drug-likeness (QED) is 0.571. The number of likely N-dealkylation sites (tertiary alicyclic amines) is 1. The molecule has 1 amide bonds. The number of nitrogens with zero attached hydrogens (tertiary/aromatic N) is 2. The number of benzene rings is 2. The monoisotopic (exact) mass is 458 g/mol. The molecule has 1 fully saturated rings. The van der Waals surface area contributed by atoms with Crippen molar-refractivity contribution in [1.82, 2.24) is 9.88 Å². The Hall–Kier alpha value is -2.64. The summed E-state index contributed by atoms with van der Waals surface area (Å²) in [4.78, 5) is 19.5.